The van der Waals surface area contributed by atoms with Crippen LogP contribution in [-0.2, 0) is 0 Å². The summed E-state index contributed by atoms with van der Waals surface area (Å²) in [5.74, 6) is 1.23. The minimum atomic E-state index is -0.128. The maximum atomic E-state index is 11.3. The Labute approximate surface area is 98.1 Å². The Balaban J connectivity index is 2.03. The average molecular weight is 227 g/mol. The first kappa shape index (κ1) is 9.36. The van der Waals surface area contributed by atoms with Gasteiger partial charge in [0.25, 0.3) is 5.56 Å². The van der Waals surface area contributed by atoms with E-state index in [-0.39, 0.29) is 5.56 Å². The number of aromatic amines is 1. The summed E-state index contributed by atoms with van der Waals surface area (Å²) < 4.78 is 0. The Kier molecular flexibility index (Phi) is 1.74. The number of rotatable bonds is 0. The standard InChI is InChI=1S/C13H13N3O/c17-13-6-15-11-2-9-7-1-8(5-14-4-7)10(9)3-12(11)16-13/h2-3,6-8,14H,1,4-5H2,(H,16,17)/t7-,8+/m0/s1. The first-order valence-corrected chi connectivity index (χ1v) is 6.05. The fourth-order valence-corrected chi connectivity index (χ4v) is 3.24. The lowest BCUT2D eigenvalue weighted by Gasteiger charge is -2.19. The van der Waals surface area contributed by atoms with E-state index in [0.717, 1.165) is 24.1 Å². The highest BCUT2D eigenvalue weighted by molar-refractivity contribution is 5.77. The van der Waals surface area contributed by atoms with Crippen molar-refractivity contribution in [3.63, 3.8) is 0 Å². The third-order valence-corrected chi connectivity index (χ3v) is 4.01. The van der Waals surface area contributed by atoms with E-state index in [0.29, 0.717) is 11.8 Å². The first-order chi connectivity index (χ1) is 8.31. The Morgan fingerprint density at radius 2 is 1.94 bits per heavy atom. The molecule has 1 aromatic heterocycles. The van der Waals surface area contributed by atoms with Crippen LogP contribution in [0.25, 0.3) is 11.0 Å². The van der Waals surface area contributed by atoms with Gasteiger partial charge < -0.3 is 10.3 Å². The minimum Gasteiger partial charge on any atom is -0.319 e. The number of aromatic nitrogens is 2. The van der Waals surface area contributed by atoms with Crippen LogP contribution >= 0.6 is 0 Å². The van der Waals surface area contributed by atoms with Gasteiger partial charge in [0.2, 0.25) is 0 Å². The summed E-state index contributed by atoms with van der Waals surface area (Å²) in [4.78, 5) is 18.4. The molecule has 1 aliphatic carbocycles. The van der Waals surface area contributed by atoms with Gasteiger partial charge in [0, 0.05) is 13.1 Å². The van der Waals surface area contributed by atoms with Crippen molar-refractivity contribution in [3.8, 4) is 0 Å². The normalized spacial score (nSPS) is 26.1. The molecule has 86 valence electrons. The average Bonchev–Trinajstić information content (AvgIpc) is 2.59. The van der Waals surface area contributed by atoms with Gasteiger partial charge in [-0.2, -0.15) is 0 Å². The van der Waals surface area contributed by atoms with E-state index in [2.05, 4.69) is 27.4 Å². The van der Waals surface area contributed by atoms with Crippen LogP contribution in [0.4, 0.5) is 0 Å². The van der Waals surface area contributed by atoms with E-state index >= 15 is 0 Å². The smallest absolute Gasteiger partial charge is 0.266 e. The summed E-state index contributed by atoms with van der Waals surface area (Å²) in [6, 6.07) is 4.27. The predicted octanol–water partition coefficient (Wildman–Crippen LogP) is 1.10. The third kappa shape index (κ3) is 1.27. The van der Waals surface area contributed by atoms with Crippen LogP contribution < -0.4 is 10.9 Å². The topological polar surface area (TPSA) is 57.8 Å². The van der Waals surface area contributed by atoms with Gasteiger partial charge in [-0.1, -0.05) is 0 Å². The molecule has 2 bridgehead atoms. The quantitative estimate of drug-likeness (QED) is 0.708. The highest BCUT2D eigenvalue weighted by Gasteiger charge is 2.34. The lowest BCUT2D eigenvalue weighted by atomic mass is 9.98. The number of hydrogen-bond donors (Lipinski definition) is 2. The fourth-order valence-electron chi connectivity index (χ4n) is 3.24. The van der Waals surface area contributed by atoms with Gasteiger partial charge in [-0.15, -0.1) is 0 Å². The van der Waals surface area contributed by atoms with E-state index in [1.54, 1.807) is 0 Å². The van der Waals surface area contributed by atoms with Crippen molar-refractivity contribution in [1.29, 1.82) is 0 Å². The molecule has 1 fully saturated rings. The lowest BCUT2D eigenvalue weighted by Crippen LogP contribution is -2.28. The number of fused-ring (bicyclic) bond motifs is 6. The molecule has 2 aromatic rings. The lowest BCUT2D eigenvalue weighted by molar-refractivity contribution is 0.454. The molecule has 0 saturated carbocycles. The van der Waals surface area contributed by atoms with Crippen LogP contribution in [0.5, 0.6) is 0 Å². The largest absolute Gasteiger partial charge is 0.319 e. The van der Waals surface area contributed by atoms with Gasteiger partial charge >= 0.3 is 0 Å². The SMILES string of the molecule is O=c1cnc2cc3c(cc2[nH]1)[C@H]1CNC[C@@H]3C1. The third-order valence-electron chi connectivity index (χ3n) is 4.01. The Morgan fingerprint density at radius 1 is 1.18 bits per heavy atom. The molecule has 4 rings (SSSR count). The van der Waals surface area contributed by atoms with Gasteiger partial charge in [-0.3, -0.25) is 4.79 Å². The molecule has 2 N–H and O–H groups in total. The number of piperidine rings is 1. The van der Waals surface area contributed by atoms with Crippen molar-refractivity contribution in [2.75, 3.05) is 13.1 Å². The van der Waals surface area contributed by atoms with E-state index in [4.69, 9.17) is 0 Å². The second-order valence-corrected chi connectivity index (χ2v) is 5.03. The van der Waals surface area contributed by atoms with E-state index < -0.39 is 0 Å². The summed E-state index contributed by atoms with van der Waals surface area (Å²) in [5, 5.41) is 3.47. The van der Waals surface area contributed by atoms with E-state index in [1.807, 2.05) is 0 Å². The summed E-state index contributed by atoms with van der Waals surface area (Å²) in [7, 11) is 0. The van der Waals surface area contributed by atoms with Crippen molar-refractivity contribution in [2.45, 2.75) is 18.3 Å². The van der Waals surface area contributed by atoms with Crippen molar-refractivity contribution < 1.29 is 0 Å². The molecule has 4 nitrogen and oxygen atoms in total. The summed E-state index contributed by atoms with van der Waals surface area (Å²) >= 11 is 0. The zero-order chi connectivity index (χ0) is 11.4. The van der Waals surface area contributed by atoms with Crippen LogP contribution in [0.15, 0.2) is 23.1 Å². The molecule has 1 aromatic carbocycles. The van der Waals surface area contributed by atoms with Crippen LogP contribution in [0.3, 0.4) is 0 Å². The number of nitrogens with one attached hydrogen (secondary N) is 2. The van der Waals surface area contributed by atoms with Gasteiger partial charge in [0.15, 0.2) is 0 Å². The molecule has 4 heteroatoms. The van der Waals surface area contributed by atoms with Crippen LogP contribution in [0, 0.1) is 0 Å². The molecule has 2 heterocycles. The zero-order valence-corrected chi connectivity index (χ0v) is 9.36. The monoisotopic (exact) mass is 227 g/mol. The van der Waals surface area contributed by atoms with Gasteiger partial charge in [0.1, 0.15) is 0 Å². The molecule has 17 heavy (non-hydrogen) atoms. The highest BCUT2D eigenvalue weighted by atomic mass is 16.1. The molecule has 2 aliphatic rings. The Hall–Kier alpha value is -1.68. The molecule has 2 atom stereocenters. The molecule has 1 saturated heterocycles. The number of benzene rings is 1. The molecule has 1 aliphatic heterocycles. The minimum absolute atomic E-state index is 0.128. The van der Waals surface area contributed by atoms with Gasteiger partial charge in [-0.05, 0) is 41.5 Å². The Morgan fingerprint density at radius 3 is 2.76 bits per heavy atom. The van der Waals surface area contributed by atoms with Gasteiger partial charge in [-0.25, -0.2) is 4.98 Å². The predicted molar refractivity (Wildman–Crippen MR) is 65.3 cm³/mol. The van der Waals surface area contributed by atoms with Crippen LogP contribution in [0.2, 0.25) is 0 Å². The second kappa shape index (κ2) is 3.17. The molecule has 0 radical (unpaired) electrons. The number of hydrogen-bond acceptors (Lipinski definition) is 3. The summed E-state index contributed by atoms with van der Waals surface area (Å²) in [6.07, 6.45) is 2.59. The highest BCUT2D eigenvalue weighted by Crippen LogP contribution is 2.44. The van der Waals surface area contributed by atoms with Gasteiger partial charge in [0.05, 0.1) is 17.2 Å². The maximum Gasteiger partial charge on any atom is 0.266 e. The fraction of sp³-hybridized carbons (Fsp3) is 0.385. The summed E-state index contributed by atoms with van der Waals surface area (Å²) in [6.45, 7) is 2.12. The van der Waals surface area contributed by atoms with Crippen LogP contribution in [-0.4, -0.2) is 23.1 Å². The van der Waals surface area contributed by atoms with Crippen LogP contribution in [0.1, 0.15) is 29.4 Å². The van der Waals surface area contributed by atoms with Crippen molar-refractivity contribution in [3.05, 3.63) is 39.8 Å². The Bertz CT molecular complexity index is 661. The number of nitrogens with zero attached hydrogens (tertiary/aromatic N) is 1. The molecule has 0 unspecified atom stereocenters. The van der Waals surface area contributed by atoms with Crippen molar-refractivity contribution in [1.82, 2.24) is 15.3 Å². The molecule has 0 amide bonds. The van der Waals surface area contributed by atoms with E-state index in [9.17, 15) is 4.79 Å². The summed E-state index contributed by atoms with van der Waals surface area (Å²) in [5.41, 5.74) is 4.46. The molecular weight excluding hydrogens is 214 g/mol. The number of H-pyrrole nitrogens is 1. The zero-order valence-electron chi connectivity index (χ0n) is 9.36. The first-order valence-electron chi connectivity index (χ1n) is 6.05. The van der Waals surface area contributed by atoms with Crippen molar-refractivity contribution >= 4 is 11.0 Å². The van der Waals surface area contributed by atoms with E-state index in [1.165, 1.54) is 23.7 Å². The molecule has 0 spiro atoms. The maximum absolute atomic E-state index is 11.3. The second-order valence-electron chi connectivity index (χ2n) is 5.03. The molecular formula is C13H13N3O. The van der Waals surface area contributed by atoms with Crippen molar-refractivity contribution in [2.24, 2.45) is 0 Å².